The lowest BCUT2D eigenvalue weighted by Crippen LogP contribution is -2.36. The van der Waals surface area contributed by atoms with Crippen LogP contribution in [0, 0.1) is 12.8 Å². The third kappa shape index (κ3) is 16.7. The van der Waals surface area contributed by atoms with E-state index >= 15 is 0 Å². The largest absolute Gasteiger partial charge is 0.425 e. The first-order chi connectivity index (χ1) is 44.2. The Morgan fingerprint density at radius 3 is 1.72 bits per heavy atom. The van der Waals surface area contributed by atoms with Gasteiger partial charge in [-0.25, -0.2) is 8.42 Å². The highest BCUT2D eigenvalue weighted by atomic mass is 32.2. The van der Waals surface area contributed by atoms with Crippen molar-refractivity contribution in [3.63, 3.8) is 0 Å². The van der Waals surface area contributed by atoms with Gasteiger partial charge in [0.2, 0.25) is 51.3 Å². The molecule has 0 spiro atoms. The van der Waals surface area contributed by atoms with Crippen molar-refractivity contribution in [1.29, 1.82) is 0 Å². The van der Waals surface area contributed by atoms with E-state index in [9.17, 15) is 18.0 Å². The minimum absolute atomic E-state index is 0.0507. The Bertz CT molecular complexity index is 4100. The SMILES string of the molecule is CC(C)(Cc1ccccc1)c1nnc(CCN2C(=O)Cc3ccccc32)o1.C[C@@](N)(Cc1ccccc1)c1nnc(C2CCCCC2C(=O)c2ccccc2)o1.Cc1ccc(S(=O)(=O)N(Cc2ccccc2)CC(C)c2nnc([C@](C)(N)Cc3ccccc3)o2)cc1. The summed E-state index contributed by atoms with van der Waals surface area (Å²) < 4.78 is 46.7. The number of nitrogens with two attached hydrogens (primary N) is 2. The monoisotopic (exact) mass is 1250 g/mol. The van der Waals surface area contributed by atoms with E-state index in [-0.39, 0.29) is 52.8 Å². The van der Waals surface area contributed by atoms with Crippen LogP contribution < -0.4 is 16.4 Å². The standard InChI is InChI=1S/C28H32N4O3S.C24H27N3O2.C22H23N3O2/c1-21-14-16-25(17-15-21)36(33,34)32(20-24-12-8-5-9-13-24)19-22(2)26-30-31-27(35-26)28(3,29)18-23-10-6-4-7-11-23;1-24(25,16-17-10-4-2-5-11-17)23-27-26-22(29-23)20-15-9-8-14-19(20)21(28)18-12-6-3-7-13-18;1-22(2,15-16-8-4-3-5-9-16)21-24-23-19(27-21)12-13-25-18-11-7-6-10-17(18)14-20(25)26/h4-17,22H,18-20,29H2,1-3H3;2-7,10-13,19-20H,8-9,14-16,25H2,1H3;3-11H,12-15H2,1-2H3/t22?,28-;19?,20?,24-;/m11./s1. The first-order valence-electron chi connectivity index (χ1n) is 31.5. The van der Waals surface area contributed by atoms with E-state index in [2.05, 4.69) is 56.6 Å². The molecule has 476 valence electrons. The number of aryl methyl sites for hydroxylation is 1. The first kappa shape index (κ1) is 65.9. The van der Waals surface area contributed by atoms with E-state index in [0.29, 0.717) is 67.6 Å². The Kier molecular flexibility index (Phi) is 21.1. The number of nitrogens with zero attached hydrogens (tertiary/aromatic N) is 8. The maximum atomic E-state index is 13.6. The molecule has 0 saturated heterocycles. The van der Waals surface area contributed by atoms with Crippen molar-refractivity contribution >= 4 is 27.4 Å². The quantitative estimate of drug-likeness (QED) is 0.0599. The van der Waals surface area contributed by atoms with Crippen LogP contribution in [-0.2, 0) is 70.0 Å². The van der Waals surface area contributed by atoms with Crippen LogP contribution in [0.25, 0.3) is 0 Å². The van der Waals surface area contributed by atoms with Gasteiger partial charge in [-0.05, 0) is 98.9 Å². The average molecular weight is 1260 g/mol. The summed E-state index contributed by atoms with van der Waals surface area (Å²) in [6.45, 7) is 12.7. The molecule has 1 aliphatic carbocycles. The lowest BCUT2D eigenvalue weighted by atomic mass is 9.75. The Labute approximate surface area is 539 Å². The van der Waals surface area contributed by atoms with Crippen LogP contribution in [0.4, 0.5) is 5.69 Å². The van der Waals surface area contributed by atoms with Gasteiger partial charge in [0.05, 0.1) is 22.4 Å². The summed E-state index contributed by atoms with van der Waals surface area (Å²) in [6.07, 6.45) is 6.81. The Morgan fingerprint density at radius 2 is 1.11 bits per heavy atom. The zero-order chi connectivity index (χ0) is 64.9. The van der Waals surface area contributed by atoms with Gasteiger partial charge in [-0.1, -0.05) is 221 Å². The van der Waals surface area contributed by atoms with Crippen LogP contribution >= 0.6 is 0 Å². The van der Waals surface area contributed by atoms with Crippen LogP contribution in [0.3, 0.4) is 0 Å². The lowest BCUT2D eigenvalue weighted by molar-refractivity contribution is -0.117. The molecule has 10 aromatic rings. The summed E-state index contributed by atoms with van der Waals surface area (Å²) in [5, 5.41) is 25.5. The van der Waals surface area contributed by atoms with Crippen molar-refractivity contribution in [3.8, 4) is 0 Å². The Morgan fingerprint density at radius 1 is 0.598 bits per heavy atom. The number of hydrogen-bond acceptors (Lipinski definition) is 15. The molecule has 3 aromatic heterocycles. The molecule has 17 nitrogen and oxygen atoms in total. The highest BCUT2D eigenvalue weighted by molar-refractivity contribution is 7.89. The number of Topliss-reactive ketones (excluding diaryl/α,β-unsaturated/α-hetero) is 1. The fourth-order valence-corrected chi connectivity index (χ4v) is 13.4. The topological polar surface area (TPSA) is 244 Å². The van der Waals surface area contributed by atoms with Crippen molar-refractivity contribution < 1.29 is 31.3 Å². The van der Waals surface area contributed by atoms with Gasteiger partial charge in [0.1, 0.15) is 0 Å². The zero-order valence-electron chi connectivity index (χ0n) is 53.3. The molecule has 3 unspecified atom stereocenters. The van der Waals surface area contributed by atoms with Gasteiger partial charge in [-0.3, -0.25) is 9.59 Å². The van der Waals surface area contributed by atoms with Crippen molar-refractivity contribution in [2.45, 2.75) is 139 Å². The normalized spacial score (nSPS) is 16.5. The van der Waals surface area contributed by atoms with E-state index in [1.54, 1.807) is 24.3 Å². The van der Waals surface area contributed by atoms with Crippen LogP contribution in [0.15, 0.2) is 218 Å². The Hall–Kier alpha value is -9.07. The molecule has 4 N–H and O–H groups in total. The molecule has 1 aliphatic heterocycles. The van der Waals surface area contributed by atoms with Gasteiger partial charge in [-0.15, -0.1) is 30.6 Å². The van der Waals surface area contributed by atoms with E-state index in [1.807, 2.05) is 196 Å². The van der Waals surface area contributed by atoms with Crippen LogP contribution in [0.2, 0.25) is 0 Å². The van der Waals surface area contributed by atoms with Crippen LogP contribution in [0.1, 0.15) is 151 Å². The lowest BCUT2D eigenvalue weighted by Gasteiger charge is -2.28. The molecular formula is C74H82N10O7S. The van der Waals surface area contributed by atoms with E-state index in [1.165, 1.54) is 9.87 Å². The predicted molar refractivity (Wildman–Crippen MR) is 355 cm³/mol. The number of carbonyl (C=O) groups is 2. The highest BCUT2D eigenvalue weighted by Crippen LogP contribution is 2.40. The summed E-state index contributed by atoms with van der Waals surface area (Å²) in [6, 6.07) is 64.0. The highest BCUT2D eigenvalue weighted by Gasteiger charge is 2.39. The number of aromatic nitrogens is 6. The molecule has 0 radical (unpaired) electrons. The smallest absolute Gasteiger partial charge is 0.243 e. The molecule has 4 heterocycles. The number of amides is 1. The average Bonchev–Trinajstić information content (AvgIpc) is 1.47. The predicted octanol–water partition coefficient (Wildman–Crippen LogP) is 13.2. The second kappa shape index (κ2) is 29.5. The second-order valence-corrected chi connectivity index (χ2v) is 27.4. The van der Waals surface area contributed by atoms with Gasteiger partial charge in [0, 0.05) is 60.5 Å². The minimum Gasteiger partial charge on any atom is -0.425 e. The van der Waals surface area contributed by atoms with Gasteiger partial charge >= 0.3 is 0 Å². The third-order valence-corrected chi connectivity index (χ3v) is 18.8. The molecule has 18 heteroatoms. The van der Waals surface area contributed by atoms with Crippen LogP contribution in [0.5, 0.6) is 0 Å². The maximum absolute atomic E-state index is 13.6. The molecule has 2 aliphatic rings. The summed E-state index contributed by atoms with van der Waals surface area (Å²) in [4.78, 5) is 27.5. The number of carbonyl (C=O) groups excluding carboxylic acids is 2. The number of para-hydroxylation sites is 1. The zero-order valence-corrected chi connectivity index (χ0v) is 54.1. The molecular weight excluding hydrogens is 1170 g/mol. The summed E-state index contributed by atoms with van der Waals surface area (Å²) >= 11 is 0. The van der Waals surface area contributed by atoms with Gasteiger partial charge in [-0.2, -0.15) is 4.31 Å². The minimum atomic E-state index is -3.76. The van der Waals surface area contributed by atoms with Crippen LogP contribution in [-0.4, -0.2) is 68.1 Å². The summed E-state index contributed by atoms with van der Waals surface area (Å²) in [5.41, 5.74) is 19.3. The van der Waals surface area contributed by atoms with E-state index < -0.39 is 21.1 Å². The molecule has 12 rings (SSSR count). The first-order valence-corrected chi connectivity index (χ1v) is 32.9. The fraction of sp³-hybridized carbons (Fsp3) is 0.324. The molecule has 7 aromatic carbocycles. The third-order valence-electron chi connectivity index (χ3n) is 16.9. The van der Waals surface area contributed by atoms with Crippen molar-refractivity contribution in [2.75, 3.05) is 18.0 Å². The number of ketones is 1. The van der Waals surface area contributed by atoms with Crippen molar-refractivity contribution in [3.05, 3.63) is 274 Å². The second-order valence-electron chi connectivity index (χ2n) is 25.4. The number of benzene rings is 7. The van der Waals surface area contributed by atoms with Gasteiger partial charge in [0.25, 0.3) is 0 Å². The number of sulfonamides is 1. The molecule has 92 heavy (non-hydrogen) atoms. The maximum Gasteiger partial charge on any atom is 0.243 e. The van der Waals surface area contributed by atoms with Gasteiger partial charge < -0.3 is 29.6 Å². The molecule has 0 bridgehead atoms. The Balaban J connectivity index is 0.000000153. The molecule has 1 amide bonds. The number of fused-ring (bicyclic) bond motifs is 1. The van der Waals surface area contributed by atoms with E-state index in [0.717, 1.165) is 71.2 Å². The van der Waals surface area contributed by atoms with Crippen molar-refractivity contribution in [2.24, 2.45) is 17.4 Å². The summed E-state index contributed by atoms with van der Waals surface area (Å²) in [5.74, 6) is 2.61. The van der Waals surface area contributed by atoms with E-state index in [4.69, 9.17) is 24.7 Å². The summed E-state index contributed by atoms with van der Waals surface area (Å²) in [7, 11) is -3.76. The number of hydrogen-bond donors (Lipinski definition) is 2. The molecule has 1 fully saturated rings. The van der Waals surface area contributed by atoms with Gasteiger partial charge in [0.15, 0.2) is 5.78 Å². The fourth-order valence-electron chi connectivity index (χ4n) is 11.9. The number of rotatable bonds is 22. The number of anilines is 1. The van der Waals surface area contributed by atoms with Crippen molar-refractivity contribution in [1.82, 2.24) is 34.9 Å². The molecule has 5 atom stereocenters. The molecule has 1 saturated carbocycles.